The molecule has 3 atom stereocenters. The summed E-state index contributed by atoms with van der Waals surface area (Å²) in [5.41, 5.74) is 4.03. The molecule has 2 amide bonds. The summed E-state index contributed by atoms with van der Waals surface area (Å²) < 4.78 is 18.6. The molecule has 4 saturated carbocycles. The van der Waals surface area contributed by atoms with E-state index >= 15 is 0 Å². The van der Waals surface area contributed by atoms with Gasteiger partial charge < -0.3 is 30.0 Å². The number of amides is 2. The van der Waals surface area contributed by atoms with Crippen LogP contribution in [0.25, 0.3) is 0 Å². The first-order valence-corrected chi connectivity index (χ1v) is 16.0. The van der Waals surface area contributed by atoms with Crippen LogP contribution in [0.15, 0.2) is 48.5 Å². The van der Waals surface area contributed by atoms with E-state index in [1.165, 1.54) is 19.3 Å². The van der Waals surface area contributed by atoms with E-state index in [0.29, 0.717) is 6.54 Å². The summed E-state index contributed by atoms with van der Waals surface area (Å²) >= 11 is 0. The van der Waals surface area contributed by atoms with Crippen molar-refractivity contribution in [3.05, 3.63) is 70.8 Å². The number of aliphatic hydroxyl groups is 1. The third kappa shape index (κ3) is 6.38. The topological polar surface area (TPSA) is 92.3 Å². The largest absolute Gasteiger partial charge is 0.392 e. The predicted octanol–water partition coefficient (Wildman–Crippen LogP) is 4.82. The van der Waals surface area contributed by atoms with Gasteiger partial charge in [-0.05, 0) is 73.0 Å². The molecule has 8 heteroatoms. The Balaban J connectivity index is 0.979. The molecule has 2 saturated heterocycles. The molecule has 2 aromatic rings. The number of carbonyl (C=O) groups is 1. The lowest BCUT2D eigenvalue weighted by atomic mass is 9.53. The Labute approximate surface area is 249 Å². The Morgan fingerprint density at radius 1 is 0.833 bits per heavy atom. The molecule has 0 aromatic heterocycles. The zero-order valence-corrected chi connectivity index (χ0v) is 24.5. The van der Waals surface area contributed by atoms with Crippen LogP contribution in [-0.2, 0) is 27.4 Å². The Kier molecular flexibility index (Phi) is 8.25. The van der Waals surface area contributed by atoms with Crippen molar-refractivity contribution in [1.29, 1.82) is 0 Å². The van der Waals surface area contributed by atoms with Crippen LogP contribution in [0.3, 0.4) is 0 Å². The average molecular weight is 576 g/mol. The van der Waals surface area contributed by atoms with Gasteiger partial charge in [-0.25, -0.2) is 4.79 Å². The van der Waals surface area contributed by atoms with Gasteiger partial charge in [-0.15, -0.1) is 0 Å². The monoisotopic (exact) mass is 575 g/mol. The van der Waals surface area contributed by atoms with Crippen molar-refractivity contribution in [3.8, 4) is 0 Å². The van der Waals surface area contributed by atoms with Gasteiger partial charge in [0.1, 0.15) is 0 Å². The number of ether oxygens (including phenoxy) is 3. The van der Waals surface area contributed by atoms with Crippen LogP contribution in [0.1, 0.15) is 79.6 Å². The number of urea groups is 1. The molecule has 0 unspecified atom stereocenters. The zero-order chi connectivity index (χ0) is 28.5. The van der Waals surface area contributed by atoms with Gasteiger partial charge in [-0.1, -0.05) is 48.5 Å². The first-order valence-electron chi connectivity index (χ1n) is 16.0. The van der Waals surface area contributed by atoms with Gasteiger partial charge in [0, 0.05) is 43.7 Å². The molecular weight excluding hydrogens is 530 g/mol. The molecule has 8 nitrogen and oxygen atoms in total. The standard InChI is InChI=1S/C34H45N3O5/c38-22-24-3-5-28(6-4-24)31-16-30(21-37-9-11-40-12-10-37)41-32(42-31)29-7-1-23(2-8-29)20-35-33(39)36-34-17-25-13-26(18-34)15-27(14-25)19-34/h1-8,25-27,30-32,38H,9-22H2,(H2,35,36,39)/t25?,26?,27?,30-,31+,32+,34?/m0/s1. The van der Waals surface area contributed by atoms with E-state index in [0.717, 1.165) is 98.5 Å². The van der Waals surface area contributed by atoms with Crippen molar-refractivity contribution in [2.24, 2.45) is 17.8 Å². The minimum absolute atomic E-state index is 0.0189. The molecule has 6 fully saturated rings. The Morgan fingerprint density at radius 3 is 2.10 bits per heavy atom. The lowest BCUT2D eigenvalue weighted by molar-refractivity contribution is -0.253. The van der Waals surface area contributed by atoms with Crippen molar-refractivity contribution < 1.29 is 24.1 Å². The van der Waals surface area contributed by atoms with Crippen LogP contribution in [0.4, 0.5) is 4.79 Å². The molecule has 226 valence electrons. The summed E-state index contributed by atoms with van der Waals surface area (Å²) in [7, 11) is 0. The van der Waals surface area contributed by atoms with E-state index in [9.17, 15) is 9.90 Å². The highest BCUT2D eigenvalue weighted by molar-refractivity contribution is 5.75. The quantitative estimate of drug-likeness (QED) is 0.418. The van der Waals surface area contributed by atoms with E-state index in [1.54, 1.807) is 0 Å². The van der Waals surface area contributed by atoms with Crippen molar-refractivity contribution in [2.45, 2.75) is 82.1 Å². The number of hydrogen-bond acceptors (Lipinski definition) is 6. The Hall–Kier alpha value is -2.49. The molecular formula is C34H45N3O5. The van der Waals surface area contributed by atoms with Crippen LogP contribution in [0.2, 0.25) is 0 Å². The number of aliphatic hydroxyl groups excluding tert-OH is 1. The number of morpholine rings is 1. The maximum atomic E-state index is 12.9. The summed E-state index contributed by atoms with van der Waals surface area (Å²) in [4.78, 5) is 15.3. The van der Waals surface area contributed by atoms with Crippen molar-refractivity contribution in [3.63, 3.8) is 0 Å². The number of hydrogen-bond donors (Lipinski definition) is 3. The summed E-state index contributed by atoms with van der Waals surface area (Å²) in [6.07, 6.45) is 7.79. The average Bonchev–Trinajstić information content (AvgIpc) is 3.00. The third-order valence-corrected chi connectivity index (χ3v) is 10.3. The molecule has 2 aromatic carbocycles. The normalized spacial score (nSPS) is 34.3. The van der Waals surface area contributed by atoms with Crippen LogP contribution in [-0.4, -0.2) is 60.5 Å². The van der Waals surface area contributed by atoms with Gasteiger partial charge >= 0.3 is 6.03 Å². The molecule has 0 radical (unpaired) electrons. The number of benzene rings is 2. The van der Waals surface area contributed by atoms with Crippen molar-refractivity contribution in [2.75, 3.05) is 32.8 Å². The second kappa shape index (κ2) is 12.2. The van der Waals surface area contributed by atoms with Gasteiger partial charge in [0.2, 0.25) is 0 Å². The molecule has 4 aliphatic carbocycles. The maximum absolute atomic E-state index is 12.9. The fourth-order valence-corrected chi connectivity index (χ4v) is 8.63. The van der Waals surface area contributed by atoms with Crippen molar-refractivity contribution >= 4 is 6.03 Å². The minimum Gasteiger partial charge on any atom is -0.392 e. The first kappa shape index (κ1) is 28.3. The Bertz CT molecular complexity index is 1180. The zero-order valence-electron chi connectivity index (χ0n) is 24.5. The molecule has 6 aliphatic rings. The summed E-state index contributed by atoms with van der Waals surface area (Å²) in [5, 5.41) is 16.0. The highest BCUT2D eigenvalue weighted by Gasteiger charge is 2.51. The van der Waals surface area contributed by atoms with E-state index in [2.05, 4.69) is 39.8 Å². The number of nitrogens with zero attached hydrogens (tertiary/aromatic N) is 1. The molecule has 8 rings (SSSR count). The first-order chi connectivity index (χ1) is 20.5. The molecule has 2 heterocycles. The lowest BCUT2D eigenvalue weighted by Crippen LogP contribution is -2.61. The molecule has 42 heavy (non-hydrogen) atoms. The molecule has 2 aliphatic heterocycles. The van der Waals surface area contributed by atoms with Gasteiger partial charge in [-0.2, -0.15) is 0 Å². The smallest absolute Gasteiger partial charge is 0.315 e. The highest BCUT2D eigenvalue weighted by atomic mass is 16.7. The molecule has 0 spiro atoms. The van der Waals surface area contributed by atoms with Crippen LogP contribution < -0.4 is 10.6 Å². The second-order valence-corrected chi connectivity index (χ2v) is 13.5. The van der Waals surface area contributed by atoms with E-state index in [1.807, 2.05) is 24.3 Å². The minimum atomic E-state index is -0.478. The molecule has 4 bridgehead atoms. The van der Waals surface area contributed by atoms with Crippen LogP contribution in [0, 0.1) is 17.8 Å². The van der Waals surface area contributed by atoms with E-state index in [-0.39, 0.29) is 30.4 Å². The summed E-state index contributed by atoms with van der Waals surface area (Å²) in [6.45, 7) is 4.71. The third-order valence-electron chi connectivity index (χ3n) is 10.3. The Morgan fingerprint density at radius 2 is 1.45 bits per heavy atom. The fourth-order valence-electron chi connectivity index (χ4n) is 8.63. The second-order valence-electron chi connectivity index (χ2n) is 13.5. The van der Waals surface area contributed by atoms with Gasteiger partial charge in [0.25, 0.3) is 0 Å². The SMILES string of the molecule is O=C(NCc1ccc([C@@H]2O[C@H](CN3CCOCC3)C[C@H](c3ccc(CO)cc3)O2)cc1)NC12CC3CC(CC(C3)C1)C2. The van der Waals surface area contributed by atoms with Crippen LogP contribution in [0.5, 0.6) is 0 Å². The summed E-state index contributed by atoms with van der Waals surface area (Å²) in [6, 6.07) is 16.2. The summed E-state index contributed by atoms with van der Waals surface area (Å²) in [5.74, 6) is 2.42. The lowest BCUT2D eigenvalue weighted by Gasteiger charge is -2.56. The van der Waals surface area contributed by atoms with Crippen LogP contribution >= 0.6 is 0 Å². The fraction of sp³-hybridized carbons (Fsp3) is 0.618. The highest BCUT2D eigenvalue weighted by Crippen LogP contribution is 2.55. The van der Waals surface area contributed by atoms with E-state index in [4.69, 9.17) is 14.2 Å². The van der Waals surface area contributed by atoms with Gasteiger partial charge in [0.05, 0.1) is 32.0 Å². The van der Waals surface area contributed by atoms with Gasteiger partial charge in [-0.3, -0.25) is 4.90 Å². The number of nitrogens with one attached hydrogen (secondary N) is 2. The molecule has 3 N–H and O–H groups in total. The van der Waals surface area contributed by atoms with Crippen molar-refractivity contribution in [1.82, 2.24) is 15.5 Å². The predicted molar refractivity (Wildman–Crippen MR) is 158 cm³/mol. The maximum Gasteiger partial charge on any atom is 0.315 e. The number of carbonyl (C=O) groups excluding carboxylic acids is 1. The number of rotatable bonds is 8. The van der Waals surface area contributed by atoms with E-state index < -0.39 is 6.29 Å². The van der Waals surface area contributed by atoms with Gasteiger partial charge in [0.15, 0.2) is 6.29 Å².